The number of aryl methyl sites for hydroxylation is 1. The third-order valence-electron chi connectivity index (χ3n) is 5.07. The second-order valence-corrected chi connectivity index (χ2v) is 7.12. The van der Waals surface area contributed by atoms with E-state index < -0.39 is 0 Å². The van der Waals surface area contributed by atoms with Gasteiger partial charge in [0.15, 0.2) is 0 Å². The SMILES string of the molecule is Cc1nc(CN(C)C2(CN)CCN3CCC2C3)cs1. The summed E-state index contributed by atoms with van der Waals surface area (Å²) in [5, 5.41) is 3.33. The quantitative estimate of drug-likeness (QED) is 0.903. The number of aromatic nitrogens is 1. The van der Waals surface area contributed by atoms with E-state index in [-0.39, 0.29) is 5.54 Å². The summed E-state index contributed by atoms with van der Waals surface area (Å²) in [6, 6.07) is 0. The van der Waals surface area contributed by atoms with E-state index in [0.717, 1.165) is 24.0 Å². The van der Waals surface area contributed by atoms with Gasteiger partial charge < -0.3 is 10.6 Å². The van der Waals surface area contributed by atoms with E-state index >= 15 is 0 Å². The molecular formula is C14H24N4S. The Kier molecular flexibility index (Phi) is 3.64. The lowest BCUT2D eigenvalue weighted by atomic mass is 9.77. The van der Waals surface area contributed by atoms with Crippen LogP contribution in [0.4, 0.5) is 0 Å². The highest BCUT2D eigenvalue weighted by atomic mass is 32.1. The number of piperidine rings is 1. The van der Waals surface area contributed by atoms with Crippen LogP contribution in [0.2, 0.25) is 0 Å². The van der Waals surface area contributed by atoms with Crippen molar-refractivity contribution in [2.75, 3.05) is 33.2 Å². The number of rotatable bonds is 4. The Hall–Kier alpha value is -0.490. The lowest BCUT2D eigenvalue weighted by molar-refractivity contribution is 0.0206. The first kappa shape index (κ1) is 13.5. The Balaban J connectivity index is 1.77. The molecule has 5 heteroatoms. The van der Waals surface area contributed by atoms with Crippen LogP contribution in [-0.2, 0) is 6.54 Å². The molecule has 19 heavy (non-hydrogen) atoms. The van der Waals surface area contributed by atoms with Crippen molar-refractivity contribution < 1.29 is 0 Å². The third kappa shape index (κ3) is 2.33. The van der Waals surface area contributed by atoms with Crippen molar-refractivity contribution in [2.24, 2.45) is 11.7 Å². The fourth-order valence-electron chi connectivity index (χ4n) is 3.84. The van der Waals surface area contributed by atoms with Crippen molar-refractivity contribution in [3.63, 3.8) is 0 Å². The standard InChI is InChI=1S/C14H24N4S/c1-11-16-13(9-19-11)8-17(2)14(10-15)4-6-18-5-3-12(14)7-18/h9,12H,3-8,10,15H2,1-2H3. The van der Waals surface area contributed by atoms with Gasteiger partial charge in [0.2, 0.25) is 0 Å². The van der Waals surface area contributed by atoms with Crippen LogP contribution in [0.3, 0.4) is 0 Å². The molecule has 2 saturated heterocycles. The van der Waals surface area contributed by atoms with Crippen molar-refractivity contribution in [3.8, 4) is 0 Å². The highest BCUT2D eigenvalue weighted by molar-refractivity contribution is 7.09. The van der Waals surface area contributed by atoms with Gasteiger partial charge in [0.1, 0.15) is 0 Å². The first-order chi connectivity index (χ1) is 9.14. The zero-order valence-electron chi connectivity index (χ0n) is 11.9. The average molecular weight is 280 g/mol. The molecule has 0 aromatic carbocycles. The first-order valence-corrected chi connectivity index (χ1v) is 8.07. The number of thiazole rings is 1. The maximum Gasteiger partial charge on any atom is 0.0897 e. The van der Waals surface area contributed by atoms with Crippen molar-refractivity contribution >= 4 is 11.3 Å². The molecule has 2 aliphatic heterocycles. The van der Waals surface area contributed by atoms with E-state index in [4.69, 9.17) is 5.73 Å². The first-order valence-electron chi connectivity index (χ1n) is 7.19. The summed E-state index contributed by atoms with van der Waals surface area (Å²) in [4.78, 5) is 9.66. The van der Waals surface area contributed by atoms with E-state index in [2.05, 4.69) is 34.1 Å². The van der Waals surface area contributed by atoms with E-state index in [1.54, 1.807) is 11.3 Å². The summed E-state index contributed by atoms with van der Waals surface area (Å²) < 4.78 is 0. The van der Waals surface area contributed by atoms with Crippen LogP contribution in [-0.4, -0.2) is 53.5 Å². The summed E-state index contributed by atoms with van der Waals surface area (Å²) in [7, 11) is 2.23. The maximum atomic E-state index is 6.20. The minimum Gasteiger partial charge on any atom is -0.329 e. The summed E-state index contributed by atoms with van der Waals surface area (Å²) in [6.07, 6.45) is 2.51. The molecule has 0 spiro atoms. The fraction of sp³-hybridized carbons (Fsp3) is 0.786. The molecular weight excluding hydrogens is 256 g/mol. The second-order valence-electron chi connectivity index (χ2n) is 6.06. The summed E-state index contributed by atoms with van der Waals surface area (Å²) in [5.74, 6) is 0.732. The van der Waals surface area contributed by atoms with E-state index in [9.17, 15) is 0 Å². The number of hydrogen-bond acceptors (Lipinski definition) is 5. The molecule has 2 fully saturated rings. The van der Waals surface area contributed by atoms with Gasteiger partial charge in [-0.1, -0.05) is 0 Å². The molecule has 2 N–H and O–H groups in total. The molecule has 3 rings (SSSR count). The maximum absolute atomic E-state index is 6.20. The summed E-state index contributed by atoms with van der Waals surface area (Å²) >= 11 is 1.74. The van der Waals surface area contributed by atoms with E-state index in [1.807, 2.05) is 0 Å². The molecule has 0 amide bonds. The number of fused-ring (bicyclic) bond motifs is 2. The Morgan fingerprint density at radius 1 is 1.58 bits per heavy atom. The van der Waals surface area contributed by atoms with Gasteiger partial charge in [-0.3, -0.25) is 4.90 Å². The predicted octanol–water partition coefficient (Wildman–Crippen LogP) is 1.31. The average Bonchev–Trinajstić information content (AvgIpc) is 2.98. The minimum atomic E-state index is 0.185. The Labute approximate surface area is 119 Å². The highest BCUT2D eigenvalue weighted by Crippen LogP contribution is 2.39. The van der Waals surface area contributed by atoms with Crippen LogP contribution in [0, 0.1) is 12.8 Å². The smallest absolute Gasteiger partial charge is 0.0897 e. The molecule has 2 aliphatic rings. The van der Waals surface area contributed by atoms with Gasteiger partial charge in [-0.05, 0) is 45.8 Å². The molecule has 1 aromatic heterocycles. The largest absolute Gasteiger partial charge is 0.329 e. The number of hydrogen-bond donors (Lipinski definition) is 1. The molecule has 3 atom stereocenters. The second kappa shape index (κ2) is 5.13. The molecule has 0 aliphatic carbocycles. The van der Waals surface area contributed by atoms with E-state index in [1.165, 1.54) is 38.2 Å². The molecule has 2 bridgehead atoms. The molecule has 0 radical (unpaired) electrons. The van der Waals surface area contributed by atoms with Gasteiger partial charge >= 0.3 is 0 Å². The molecule has 1 aromatic rings. The lowest BCUT2D eigenvalue weighted by Gasteiger charge is -2.48. The minimum absolute atomic E-state index is 0.185. The Morgan fingerprint density at radius 3 is 3.11 bits per heavy atom. The molecule has 3 unspecified atom stereocenters. The fourth-order valence-corrected chi connectivity index (χ4v) is 4.44. The normalized spacial score (nSPS) is 34.1. The Bertz CT molecular complexity index is 446. The number of nitrogens with zero attached hydrogens (tertiary/aromatic N) is 3. The lowest BCUT2D eigenvalue weighted by Crippen LogP contribution is -2.60. The molecule has 0 saturated carbocycles. The van der Waals surface area contributed by atoms with Crippen molar-refractivity contribution in [2.45, 2.75) is 31.8 Å². The number of nitrogens with two attached hydrogens (primary N) is 1. The summed E-state index contributed by atoms with van der Waals surface area (Å²) in [5.41, 5.74) is 7.58. The van der Waals surface area contributed by atoms with Crippen LogP contribution in [0.25, 0.3) is 0 Å². The van der Waals surface area contributed by atoms with Gasteiger partial charge in [0.05, 0.1) is 10.7 Å². The zero-order valence-corrected chi connectivity index (χ0v) is 12.7. The van der Waals surface area contributed by atoms with Crippen LogP contribution >= 0.6 is 11.3 Å². The van der Waals surface area contributed by atoms with Crippen LogP contribution < -0.4 is 5.73 Å². The Morgan fingerprint density at radius 2 is 2.42 bits per heavy atom. The number of likely N-dealkylation sites (N-methyl/N-ethyl adjacent to an activating group) is 1. The molecule has 4 nitrogen and oxygen atoms in total. The predicted molar refractivity (Wildman–Crippen MR) is 79.3 cm³/mol. The highest BCUT2D eigenvalue weighted by Gasteiger charge is 2.47. The van der Waals surface area contributed by atoms with Gasteiger partial charge in [-0.2, -0.15) is 0 Å². The van der Waals surface area contributed by atoms with Crippen molar-refractivity contribution in [1.29, 1.82) is 0 Å². The van der Waals surface area contributed by atoms with Crippen LogP contribution in [0.15, 0.2) is 5.38 Å². The van der Waals surface area contributed by atoms with Crippen LogP contribution in [0.5, 0.6) is 0 Å². The third-order valence-corrected chi connectivity index (χ3v) is 5.90. The van der Waals surface area contributed by atoms with Crippen LogP contribution in [0.1, 0.15) is 23.5 Å². The van der Waals surface area contributed by atoms with Crippen molar-refractivity contribution in [1.82, 2.24) is 14.8 Å². The van der Waals surface area contributed by atoms with E-state index in [0.29, 0.717) is 0 Å². The van der Waals surface area contributed by atoms with Gasteiger partial charge in [0.25, 0.3) is 0 Å². The molecule has 106 valence electrons. The molecule has 3 heterocycles. The monoisotopic (exact) mass is 280 g/mol. The summed E-state index contributed by atoms with van der Waals surface area (Å²) in [6.45, 7) is 7.47. The van der Waals surface area contributed by atoms with Crippen molar-refractivity contribution in [3.05, 3.63) is 16.1 Å². The zero-order chi connectivity index (χ0) is 13.5. The topological polar surface area (TPSA) is 45.4 Å². The van der Waals surface area contributed by atoms with Gasteiger partial charge in [-0.15, -0.1) is 11.3 Å². The van der Waals surface area contributed by atoms with Gasteiger partial charge in [0, 0.05) is 30.6 Å². The van der Waals surface area contributed by atoms with Gasteiger partial charge in [-0.25, -0.2) is 4.98 Å².